The summed E-state index contributed by atoms with van der Waals surface area (Å²) in [5.74, 6) is 0.622. The van der Waals surface area contributed by atoms with E-state index in [1.54, 1.807) is 4.90 Å². The first-order valence-electron chi connectivity index (χ1n) is 11.1. The number of para-hydroxylation sites is 1. The number of carbonyl (C=O) groups is 1. The number of aliphatic hydroxyl groups excluding tert-OH is 1. The number of hydrogen-bond donors (Lipinski definition) is 3. The lowest BCUT2D eigenvalue weighted by molar-refractivity contribution is -0.132. The van der Waals surface area contributed by atoms with Crippen LogP contribution in [-0.2, 0) is 4.79 Å². The Bertz CT molecular complexity index is 1030. The number of rotatable bonds is 11. The van der Waals surface area contributed by atoms with E-state index in [0.717, 1.165) is 28.5 Å². The number of benzene rings is 2. The summed E-state index contributed by atoms with van der Waals surface area (Å²) in [7, 11) is 0. The summed E-state index contributed by atoms with van der Waals surface area (Å²) in [5.41, 5.74) is 2.89. The minimum atomic E-state index is -0.241. The van der Waals surface area contributed by atoms with Crippen LogP contribution < -0.4 is 10.1 Å². The lowest BCUT2D eigenvalue weighted by Gasteiger charge is -2.24. The Balaban J connectivity index is 1.82. The van der Waals surface area contributed by atoms with Crippen molar-refractivity contribution in [1.29, 1.82) is 0 Å². The van der Waals surface area contributed by atoms with E-state index >= 15 is 0 Å². The highest BCUT2D eigenvalue weighted by molar-refractivity contribution is 6.30. The Labute approximate surface area is 194 Å². The molecule has 0 saturated heterocycles. The maximum absolute atomic E-state index is 12.3. The first kappa shape index (κ1) is 24.1. The Hall–Kier alpha value is -2.54. The van der Waals surface area contributed by atoms with Gasteiger partial charge in [0.25, 0.3) is 5.91 Å². The van der Waals surface area contributed by atoms with Crippen LogP contribution in [-0.4, -0.2) is 47.2 Å². The maximum atomic E-state index is 12.3. The smallest absolute Gasteiger partial charge is 0.260 e. The van der Waals surface area contributed by atoms with Gasteiger partial charge in [0, 0.05) is 35.7 Å². The third-order valence-corrected chi connectivity index (χ3v) is 6.03. The quantitative estimate of drug-likeness (QED) is 0.385. The van der Waals surface area contributed by atoms with Crippen LogP contribution in [0.25, 0.3) is 10.9 Å². The number of fused-ring (bicyclic) bond motifs is 1. The first-order valence-corrected chi connectivity index (χ1v) is 11.5. The van der Waals surface area contributed by atoms with E-state index in [1.165, 1.54) is 0 Å². The number of aliphatic hydroxyl groups is 1. The SMILES string of the molecule is CC[C@@H](N[C@@H](CO)c1cccc(Cl)c1)c1c[nH]c2c(OCC(=O)N(CC)CC)cccc12. The molecular weight excluding hydrogens is 426 g/mol. The number of likely N-dealkylation sites (N-methyl/N-ethyl adjacent to an activating group) is 1. The molecule has 1 heterocycles. The number of aromatic amines is 1. The maximum Gasteiger partial charge on any atom is 0.260 e. The van der Waals surface area contributed by atoms with Gasteiger partial charge in [-0.1, -0.05) is 42.8 Å². The molecule has 0 radical (unpaired) electrons. The van der Waals surface area contributed by atoms with E-state index < -0.39 is 0 Å². The molecule has 0 aliphatic rings. The summed E-state index contributed by atoms with van der Waals surface area (Å²) in [6, 6.07) is 13.1. The lowest BCUT2D eigenvalue weighted by atomic mass is 10.00. The minimum Gasteiger partial charge on any atom is -0.482 e. The fraction of sp³-hybridized carbons (Fsp3) is 0.400. The molecule has 0 spiro atoms. The normalized spacial score (nSPS) is 13.2. The van der Waals surface area contributed by atoms with Crippen molar-refractivity contribution in [2.45, 2.75) is 39.3 Å². The van der Waals surface area contributed by atoms with Crippen LogP contribution >= 0.6 is 11.6 Å². The molecule has 0 bridgehead atoms. The zero-order chi connectivity index (χ0) is 23.1. The molecule has 2 aromatic carbocycles. The third kappa shape index (κ3) is 5.44. The number of aromatic nitrogens is 1. The van der Waals surface area contributed by atoms with Gasteiger partial charge >= 0.3 is 0 Å². The second-order valence-electron chi connectivity index (χ2n) is 7.70. The largest absolute Gasteiger partial charge is 0.482 e. The summed E-state index contributed by atoms with van der Waals surface area (Å²) >= 11 is 6.15. The van der Waals surface area contributed by atoms with Crippen LogP contribution in [0, 0.1) is 0 Å². The standard InChI is InChI=1S/C25H32ClN3O3/c1-4-21(28-22(15-30)17-9-7-10-18(26)13-17)20-14-27-25-19(20)11-8-12-23(25)32-16-24(31)29(5-2)6-3/h7-14,21-22,27-28,30H,4-6,15-16H2,1-3H3/t21-,22+/m1/s1. The van der Waals surface area contributed by atoms with E-state index in [2.05, 4.69) is 17.2 Å². The number of ether oxygens (including phenoxy) is 1. The van der Waals surface area contributed by atoms with Crippen molar-refractivity contribution in [2.24, 2.45) is 0 Å². The van der Waals surface area contributed by atoms with Crippen LogP contribution in [0.5, 0.6) is 5.75 Å². The van der Waals surface area contributed by atoms with E-state index in [-0.39, 0.29) is 31.2 Å². The van der Waals surface area contributed by atoms with Gasteiger partial charge in [-0.05, 0) is 49.6 Å². The number of halogens is 1. The average Bonchev–Trinajstić information content (AvgIpc) is 3.24. The van der Waals surface area contributed by atoms with Gasteiger partial charge in [0.1, 0.15) is 5.75 Å². The van der Waals surface area contributed by atoms with Crippen LogP contribution in [0.3, 0.4) is 0 Å². The number of carbonyl (C=O) groups excluding carboxylic acids is 1. The van der Waals surface area contributed by atoms with Crippen LogP contribution in [0.15, 0.2) is 48.7 Å². The van der Waals surface area contributed by atoms with Crippen molar-refractivity contribution in [1.82, 2.24) is 15.2 Å². The fourth-order valence-electron chi connectivity index (χ4n) is 4.01. The molecule has 0 fully saturated rings. The van der Waals surface area contributed by atoms with Gasteiger partial charge in [0.2, 0.25) is 0 Å². The highest BCUT2D eigenvalue weighted by Gasteiger charge is 2.21. The van der Waals surface area contributed by atoms with E-state index in [9.17, 15) is 9.90 Å². The number of nitrogens with zero attached hydrogens (tertiary/aromatic N) is 1. The van der Waals surface area contributed by atoms with Gasteiger partial charge in [-0.15, -0.1) is 0 Å². The van der Waals surface area contributed by atoms with Gasteiger partial charge < -0.3 is 25.0 Å². The Morgan fingerprint density at radius 1 is 1.16 bits per heavy atom. The van der Waals surface area contributed by atoms with E-state index in [0.29, 0.717) is 23.9 Å². The molecule has 0 aliphatic heterocycles. The molecule has 0 unspecified atom stereocenters. The number of nitrogens with one attached hydrogen (secondary N) is 2. The zero-order valence-electron chi connectivity index (χ0n) is 18.9. The number of amides is 1. The summed E-state index contributed by atoms with van der Waals surface area (Å²) < 4.78 is 5.88. The molecule has 0 saturated carbocycles. The second-order valence-corrected chi connectivity index (χ2v) is 8.13. The molecule has 3 rings (SSSR count). The molecule has 32 heavy (non-hydrogen) atoms. The minimum absolute atomic E-state index is 0.00591. The Morgan fingerprint density at radius 3 is 2.56 bits per heavy atom. The molecule has 7 heteroatoms. The van der Waals surface area contributed by atoms with Crippen molar-refractivity contribution in [3.05, 3.63) is 64.8 Å². The molecule has 6 nitrogen and oxygen atoms in total. The summed E-state index contributed by atoms with van der Waals surface area (Å²) in [6.45, 7) is 7.32. The van der Waals surface area contributed by atoms with Gasteiger partial charge in [0.15, 0.2) is 6.61 Å². The molecule has 172 valence electrons. The van der Waals surface area contributed by atoms with Crippen molar-refractivity contribution < 1.29 is 14.6 Å². The molecule has 2 atom stereocenters. The number of H-pyrrole nitrogens is 1. The predicted molar refractivity (Wildman–Crippen MR) is 129 cm³/mol. The third-order valence-electron chi connectivity index (χ3n) is 5.80. The van der Waals surface area contributed by atoms with Crippen molar-refractivity contribution in [2.75, 3.05) is 26.3 Å². The molecule has 3 N–H and O–H groups in total. The van der Waals surface area contributed by atoms with Crippen LogP contribution in [0.1, 0.15) is 50.4 Å². The van der Waals surface area contributed by atoms with E-state index in [4.69, 9.17) is 16.3 Å². The topological polar surface area (TPSA) is 77.6 Å². The van der Waals surface area contributed by atoms with Crippen molar-refractivity contribution in [3.63, 3.8) is 0 Å². The fourth-order valence-corrected chi connectivity index (χ4v) is 4.21. The predicted octanol–water partition coefficient (Wildman–Crippen LogP) is 4.84. The summed E-state index contributed by atoms with van der Waals surface area (Å²) in [5, 5.41) is 15.2. The zero-order valence-corrected chi connectivity index (χ0v) is 19.7. The molecule has 1 amide bonds. The van der Waals surface area contributed by atoms with Gasteiger partial charge in [-0.2, -0.15) is 0 Å². The molecule has 1 aromatic heterocycles. The van der Waals surface area contributed by atoms with Gasteiger partial charge in [-0.3, -0.25) is 4.79 Å². The first-order chi connectivity index (χ1) is 15.5. The van der Waals surface area contributed by atoms with Crippen molar-refractivity contribution in [3.8, 4) is 5.75 Å². The molecule has 3 aromatic rings. The molecule has 0 aliphatic carbocycles. The monoisotopic (exact) mass is 457 g/mol. The second kappa shape index (κ2) is 11.4. The van der Waals surface area contributed by atoms with Crippen LogP contribution in [0.4, 0.5) is 0 Å². The highest BCUT2D eigenvalue weighted by atomic mass is 35.5. The molecular formula is C25H32ClN3O3. The summed E-state index contributed by atoms with van der Waals surface area (Å²) in [4.78, 5) is 17.4. The number of hydrogen-bond acceptors (Lipinski definition) is 4. The van der Waals surface area contributed by atoms with Gasteiger partial charge in [0.05, 0.1) is 18.2 Å². The lowest BCUT2D eigenvalue weighted by Crippen LogP contribution is -2.34. The van der Waals surface area contributed by atoms with Gasteiger partial charge in [-0.25, -0.2) is 0 Å². The Kier molecular flexibility index (Phi) is 8.56. The van der Waals surface area contributed by atoms with Crippen LogP contribution in [0.2, 0.25) is 5.02 Å². The van der Waals surface area contributed by atoms with Crippen molar-refractivity contribution >= 4 is 28.4 Å². The highest BCUT2D eigenvalue weighted by Crippen LogP contribution is 2.33. The summed E-state index contributed by atoms with van der Waals surface area (Å²) in [6.07, 6.45) is 2.80. The van der Waals surface area contributed by atoms with E-state index in [1.807, 2.05) is 62.5 Å². The average molecular weight is 458 g/mol. The Morgan fingerprint density at radius 2 is 1.91 bits per heavy atom.